The Kier molecular flexibility index (Phi) is 13.4. The largest absolute Gasteiger partial charge is 0.341 e. The number of likely N-dealkylation sites (tertiary alicyclic amines) is 2. The smallest absolute Gasteiger partial charge is 0.236 e. The fourth-order valence-corrected chi connectivity index (χ4v) is 9.46. The minimum absolute atomic E-state index is 0.238. The maximum Gasteiger partial charge on any atom is 0.236 e. The highest BCUT2D eigenvalue weighted by Crippen LogP contribution is 2.36. The topological polar surface area (TPSA) is 103 Å². The molecule has 0 spiro atoms. The molecule has 0 unspecified atom stereocenters. The normalized spacial score (nSPS) is 23.8. The van der Waals surface area contributed by atoms with Crippen LogP contribution in [0.4, 0.5) is 0 Å². The highest BCUT2D eigenvalue weighted by molar-refractivity contribution is 5.89. The van der Waals surface area contributed by atoms with Gasteiger partial charge in [-0.1, -0.05) is 44.0 Å². The third-order valence-corrected chi connectivity index (χ3v) is 12.7. The van der Waals surface area contributed by atoms with Crippen LogP contribution in [0.15, 0.2) is 60.9 Å². The zero-order valence-electron chi connectivity index (χ0n) is 34.8. The van der Waals surface area contributed by atoms with Gasteiger partial charge in [-0.2, -0.15) is 5.26 Å². The van der Waals surface area contributed by atoms with Gasteiger partial charge in [0.05, 0.1) is 35.2 Å². The lowest BCUT2D eigenvalue weighted by Crippen LogP contribution is -2.51. The molecule has 4 aliphatic heterocycles. The van der Waals surface area contributed by atoms with E-state index in [1.54, 1.807) is 12.4 Å². The fraction of sp³-hybridized carbons (Fsp3) is 0.511. The molecule has 58 heavy (non-hydrogen) atoms. The van der Waals surface area contributed by atoms with Gasteiger partial charge in [-0.3, -0.25) is 29.4 Å². The number of aromatic nitrogens is 2. The second kappa shape index (κ2) is 18.8. The van der Waals surface area contributed by atoms with Gasteiger partial charge in [0.15, 0.2) is 0 Å². The van der Waals surface area contributed by atoms with Crippen molar-refractivity contribution in [2.75, 3.05) is 106 Å². The molecule has 2 amide bonds. The number of piperidine rings is 2. The maximum absolute atomic E-state index is 13.1. The van der Waals surface area contributed by atoms with Crippen LogP contribution in [0.2, 0.25) is 0 Å². The summed E-state index contributed by atoms with van der Waals surface area (Å²) in [6.45, 7) is 16.7. The summed E-state index contributed by atoms with van der Waals surface area (Å²) in [7, 11) is 4.27. The lowest BCUT2D eigenvalue weighted by Gasteiger charge is -2.39. The molecule has 6 heterocycles. The number of pyridine rings is 2. The van der Waals surface area contributed by atoms with Crippen molar-refractivity contribution in [3.05, 3.63) is 83.2 Å². The molecule has 4 aromatic rings. The number of likely N-dealkylation sites (N-methyl/N-ethyl adjacent to an activating group) is 2. The molecule has 4 saturated heterocycles. The van der Waals surface area contributed by atoms with Gasteiger partial charge >= 0.3 is 0 Å². The van der Waals surface area contributed by atoms with Crippen LogP contribution in [-0.4, -0.2) is 157 Å². The number of nitriles is 1. The first-order valence-corrected chi connectivity index (χ1v) is 21.1. The number of benzene rings is 2. The van der Waals surface area contributed by atoms with Crippen molar-refractivity contribution in [2.24, 2.45) is 11.8 Å². The molecule has 4 fully saturated rings. The number of rotatable bonds is 6. The lowest BCUT2D eigenvalue weighted by atomic mass is 9.83. The van der Waals surface area contributed by atoms with Crippen molar-refractivity contribution in [1.82, 2.24) is 39.4 Å². The Bertz CT molecular complexity index is 2010. The van der Waals surface area contributed by atoms with Crippen LogP contribution >= 0.6 is 0 Å². The van der Waals surface area contributed by atoms with E-state index >= 15 is 0 Å². The van der Waals surface area contributed by atoms with E-state index in [1.165, 1.54) is 11.1 Å². The van der Waals surface area contributed by atoms with Crippen LogP contribution in [0.1, 0.15) is 60.8 Å². The minimum Gasteiger partial charge on any atom is -0.341 e. The van der Waals surface area contributed by atoms with Crippen LogP contribution in [-0.2, 0) is 9.59 Å². The third-order valence-electron chi connectivity index (χ3n) is 12.7. The van der Waals surface area contributed by atoms with E-state index < -0.39 is 0 Å². The fourth-order valence-electron chi connectivity index (χ4n) is 9.46. The number of terminal acetylenes is 1. The summed E-state index contributed by atoms with van der Waals surface area (Å²) in [4.78, 5) is 48.4. The first kappa shape index (κ1) is 41.3. The monoisotopic (exact) mass is 781 g/mol. The van der Waals surface area contributed by atoms with Gasteiger partial charge in [0, 0.05) is 114 Å². The predicted octanol–water partition coefficient (Wildman–Crippen LogP) is 4.72. The molecule has 0 saturated carbocycles. The van der Waals surface area contributed by atoms with E-state index in [1.807, 2.05) is 30.3 Å². The molecule has 4 aliphatic rings. The number of hydrogen-bond donors (Lipinski definition) is 0. The number of nitrogens with zero attached hydrogens (tertiary/aromatic N) is 9. The van der Waals surface area contributed by atoms with Crippen LogP contribution < -0.4 is 0 Å². The summed E-state index contributed by atoms with van der Waals surface area (Å²) < 4.78 is 0. The van der Waals surface area contributed by atoms with Crippen molar-refractivity contribution in [3.8, 4) is 18.4 Å². The van der Waals surface area contributed by atoms with E-state index in [9.17, 15) is 14.9 Å². The lowest BCUT2D eigenvalue weighted by molar-refractivity contribution is -0.135. The number of amides is 2. The summed E-state index contributed by atoms with van der Waals surface area (Å²) in [5.74, 6) is 4.76. The molecule has 304 valence electrons. The first-order chi connectivity index (χ1) is 28.1. The third kappa shape index (κ3) is 9.68. The molecular formula is C47H59N9O2. The molecule has 0 N–H and O–H groups in total. The van der Waals surface area contributed by atoms with Crippen molar-refractivity contribution < 1.29 is 9.59 Å². The highest BCUT2D eigenvalue weighted by Gasteiger charge is 2.33. The minimum atomic E-state index is 0.238. The average molecular weight is 782 g/mol. The second-order valence-electron chi connectivity index (χ2n) is 17.3. The van der Waals surface area contributed by atoms with Gasteiger partial charge in [0.25, 0.3) is 0 Å². The van der Waals surface area contributed by atoms with Gasteiger partial charge in [-0.15, -0.1) is 6.42 Å². The Morgan fingerprint density at radius 2 is 1.09 bits per heavy atom. The second-order valence-corrected chi connectivity index (χ2v) is 17.3. The van der Waals surface area contributed by atoms with Crippen molar-refractivity contribution in [3.63, 3.8) is 0 Å². The number of piperazine rings is 2. The predicted molar refractivity (Wildman–Crippen MR) is 230 cm³/mol. The standard InChI is InChI=1S/C24H30N4O.C23H29N5O/c1-4-19-7-8-21(22-6-5-9-25-24(19)22)20-14-18(2)15-28(16-20)23(29)17-27-12-10-26(3)11-13-27;1-17-12-19(20-6-5-18(13-24)23-21(20)4-3-7-25-23)15-28(14-17)22(29)16-27-10-8-26(2)9-11-27/h1,5-9,18,20H,10-17H2,2-3H3;3-7,17,19H,8-12,14-16H2,1-2H3/t18-,20-;17-,19+/m11/s1. The zero-order chi connectivity index (χ0) is 40.8. The molecule has 8 rings (SSSR count). The molecule has 0 radical (unpaired) electrons. The van der Waals surface area contributed by atoms with Gasteiger partial charge in [-0.05, 0) is 74.2 Å². The molecule has 2 aromatic heterocycles. The molecule has 11 heteroatoms. The summed E-state index contributed by atoms with van der Waals surface area (Å²) >= 11 is 0. The maximum atomic E-state index is 13.1. The zero-order valence-corrected chi connectivity index (χ0v) is 34.8. The van der Waals surface area contributed by atoms with Crippen molar-refractivity contribution in [2.45, 2.75) is 38.5 Å². The Morgan fingerprint density at radius 3 is 1.52 bits per heavy atom. The Labute approximate surface area is 344 Å². The van der Waals surface area contributed by atoms with Crippen molar-refractivity contribution >= 4 is 33.6 Å². The number of hydrogen-bond acceptors (Lipinski definition) is 9. The molecule has 11 nitrogen and oxygen atoms in total. The summed E-state index contributed by atoms with van der Waals surface area (Å²) in [6.07, 6.45) is 11.3. The first-order valence-electron chi connectivity index (χ1n) is 21.1. The summed E-state index contributed by atoms with van der Waals surface area (Å²) in [5.41, 5.74) is 5.56. The van der Waals surface area contributed by atoms with Crippen LogP contribution in [0.5, 0.6) is 0 Å². The van der Waals surface area contributed by atoms with E-state index in [-0.39, 0.29) is 17.7 Å². The van der Waals surface area contributed by atoms with Crippen molar-refractivity contribution in [1.29, 1.82) is 5.26 Å². The quantitative estimate of drug-likeness (QED) is 0.258. The van der Waals surface area contributed by atoms with Gasteiger partial charge < -0.3 is 19.6 Å². The van der Waals surface area contributed by atoms with E-state index in [0.29, 0.717) is 36.4 Å². The Hall–Kier alpha value is -4.91. The Balaban J connectivity index is 0.000000177. The van der Waals surface area contributed by atoms with Crippen LogP contribution in [0.3, 0.4) is 0 Å². The number of carbonyl (C=O) groups is 2. The molecule has 0 bridgehead atoms. The van der Waals surface area contributed by atoms with Crippen LogP contribution in [0, 0.1) is 35.5 Å². The summed E-state index contributed by atoms with van der Waals surface area (Å²) in [5, 5.41) is 11.6. The summed E-state index contributed by atoms with van der Waals surface area (Å²) in [6, 6.07) is 18.4. The van der Waals surface area contributed by atoms with E-state index in [4.69, 9.17) is 6.42 Å². The molecular weight excluding hydrogens is 723 g/mol. The molecule has 0 aliphatic carbocycles. The van der Waals surface area contributed by atoms with E-state index in [2.05, 4.69) is 97.5 Å². The van der Waals surface area contributed by atoms with Crippen LogP contribution in [0.25, 0.3) is 21.8 Å². The molecule has 2 aromatic carbocycles. The van der Waals surface area contributed by atoms with Gasteiger partial charge in [0.2, 0.25) is 11.8 Å². The number of carbonyl (C=O) groups excluding carboxylic acids is 2. The number of fused-ring (bicyclic) bond motifs is 2. The van der Waals surface area contributed by atoms with Gasteiger partial charge in [0.1, 0.15) is 6.07 Å². The SMILES string of the molecule is C#Cc1ccc([C@@H]2C[C@@H](C)CN(C(=O)CN3CCN(C)CC3)C2)c2cccnc12.C[C@@H]1C[C@H](c2ccc(C#N)c3ncccc23)CN(C(=O)CN2CCN(C)CC2)C1. The van der Waals surface area contributed by atoms with Gasteiger partial charge in [-0.25, -0.2) is 0 Å². The average Bonchev–Trinajstić information content (AvgIpc) is 3.24. The van der Waals surface area contributed by atoms with E-state index in [0.717, 1.165) is 119 Å². The Morgan fingerprint density at radius 1 is 0.655 bits per heavy atom. The highest BCUT2D eigenvalue weighted by atomic mass is 16.2. The molecule has 4 atom stereocenters.